The first-order valence-corrected chi connectivity index (χ1v) is 13.7. The van der Waals surface area contributed by atoms with Gasteiger partial charge in [-0.2, -0.15) is 18.4 Å². The Kier molecular flexibility index (Phi) is 7.65. The molecule has 4 rings (SSSR count). The predicted octanol–water partition coefficient (Wildman–Crippen LogP) is 4.77. The normalized spacial score (nSPS) is 15.1. The SMILES string of the molecule is CCS(=O)(=O)c1ccc(Cl)cc1Cn1cnc2c(C#N)c(CN3CCCCC3)c(C(F)(F)F)cc2c1=O. The highest BCUT2D eigenvalue weighted by molar-refractivity contribution is 7.91. The molecule has 1 aliphatic heterocycles. The van der Waals surface area contributed by atoms with Gasteiger partial charge < -0.3 is 0 Å². The second-order valence-electron chi connectivity index (χ2n) is 8.95. The lowest BCUT2D eigenvalue weighted by Gasteiger charge is -2.28. The van der Waals surface area contributed by atoms with E-state index in [9.17, 15) is 31.6 Å². The van der Waals surface area contributed by atoms with Crippen LogP contribution in [0.25, 0.3) is 10.9 Å². The molecule has 0 N–H and O–H groups in total. The number of benzene rings is 2. The van der Waals surface area contributed by atoms with Crippen molar-refractivity contribution in [3.8, 4) is 6.07 Å². The summed E-state index contributed by atoms with van der Waals surface area (Å²) in [7, 11) is -3.67. The second kappa shape index (κ2) is 10.4. The maximum Gasteiger partial charge on any atom is 0.416 e. The summed E-state index contributed by atoms with van der Waals surface area (Å²) >= 11 is 6.06. The number of piperidine rings is 1. The largest absolute Gasteiger partial charge is 0.416 e. The zero-order valence-electron chi connectivity index (χ0n) is 20.0. The molecule has 1 fully saturated rings. The van der Waals surface area contributed by atoms with Crippen LogP contribution >= 0.6 is 11.6 Å². The lowest BCUT2D eigenvalue weighted by atomic mass is 9.96. The van der Waals surface area contributed by atoms with Gasteiger partial charge in [-0.15, -0.1) is 0 Å². The van der Waals surface area contributed by atoms with Crippen LogP contribution in [0.15, 0.2) is 40.3 Å². The Balaban J connectivity index is 1.89. The van der Waals surface area contributed by atoms with Gasteiger partial charge in [-0.3, -0.25) is 14.3 Å². The molecule has 1 saturated heterocycles. The van der Waals surface area contributed by atoms with Gasteiger partial charge in [0, 0.05) is 11.6 Å². The molecule has 3 aromatic rings. The number of rotatable bonds is 6. The third-order valence-electron chi connectivity index (χ3n) is 6.55. The first-order valence-electron chi connectivity index (χ1n) is 11.7. The number of fused-ring (bicyclic) bond motifs is 1. The highest BCUT2D eigenvalue weighted by Gasteiger charge is 2.36. The molecule has 7 nitrogen and oxygen atoms in total. The summed E-state index contributed by atoms with van der Waals surface area (Å²) in [5.41, 5.74) is -2.25. The number of halogens is 4. The van der Waals surface area contributed by atoms with Crippen LogP contribution in [0.5, 0.6) is 0 Å². The average Bonchev–Trinajstić information content (AvgIpc) is 2.85. The molecule has 2 heterocycles. The fraction of sp³-hybridized carbons (Fsp3) is 0.400. The van der Waals surface area contributed by atoms with Gasteiger partial charge >= 0.3 is 6.18 Å². The van der Waals surface area contributed by atoms with E-state index in [1.165, 1.54) is 25.1 Å². The van der Waals surface area contributed by atoms with Gasteiger partial charge in [0.05, 0.1) is 45.6 Å². The Morgan fingerprint density at radius 1 is 1.14 bits per heavy atom. The van der Waals surface area contributed by atoms with Crippen molar-refractivity contribution in [2.24, 2.45) is 0 Å². The Labute approximate surface area is 217 Å². The molecule has 0 aliphatic carbocycles. The lowest BCUT2D eigenvalue weighted by molar-refractivity contribution is -0.138. The maximum absolute atomic E-state index is 14.2. The summed E-state index contributed by atoms with van der Waals surface area (Å²) in [4.78, 5) is 19.4. The summed E-state index contributed by atoms with van der Waals surface area (Å²) in [6, 6.07) is 6.74. The van der Waals surface area contributed by atoms with Crippen molar-refractivity contribution in [1.29, 1.82) is 5.26 Å². The summed E-state index contributed by atoms with van der Waals surface area (Å²) in [6.45, 7) is 2.37. The molecule has 37 heavy (non-hydrogen) atoms. The zero-order chi connectivity index (χ0) is 27.0. The van der Waals surface area contributed by atoms with Crippen molar-refractivity contribution in [3.05, 3.63) is 68.2 Å². The van der Waals surface area contributed by atoms with Gasteiger partial charge in [-0.1, -0.05) is 24.9 Å². The van der Waals surface area contributed by atoms with Gasteiger partial charge in [0.15, 0.2) is 9.84 Å². The molecule has 0 saturated carbocycles. The highest BCUT2D eigenvalue weighted by atomic mass is 35.5. The molecule has 0 unspecified atom stereocenters. The molecule has 12 heteroatoms. The molecule has 0 bridgehead atoms. The van der Waals surface area contributed by atoms with E-state index in [-0.39, 0.29) is 56.4 Å². The van der Waals surface area contributed by atoms with E-state index in [1.54, 1.807) is 0 Å². The second-order valence-corrected chi connectivity index (χ2v) is 11.6. The van der Waals surface area contributed by atoms with E-state index in [1.807, 2.05) is 11.0 Å². The van der Waals surface area contributed by atoms with Crippen LogP contribution < -0.4 is 5.56 Å². The van der Waals surface area contributed by atoms with E-state index in [0.29, 0.717) is 13.1 Å². The van der Waals surface area contributed by atoms with Crippen LogP contribution in [-0.2, 0) is 29.1 Å². The molecule has 1 aromatic heterocycles. The van der Waals surface area contributed by atoms with E-state index in [4.69, 9.17) is 11.6 Å². The van der Waals surface area contributed by atoms with E-state index in [0.717, 1.165) is 36.2 Å². The molecule has 0 radical (unpaired) electrons. The van der Waals surface area contributed by atoms with Crippen molar-refractivity contribution in [2.45, 2.75) is 50.3 Å². The van der Waals surface area contributed by atoms with Gasteiger partial charge in [0.1, 0.15) is 6.07 Å². The van der Waals surface area contributed by atoms with Crippen LogP contribution in [0.4, 0.5) is 13.2 Å². The van der Waals surface area contributed by atoms with Crippen LogP contribution in [0.1, 0.15) is 48.4 Å². The fourth-order valence-electron chi connectivity index (χ4n) is 4.65. The van der Waals surface area contributed by atoms with E-state index in [2.05, 4.69) is 4.98 Å². The summed E-state index contributed by atoms with van der Waals surface area (Å²) in [5.74, 6) is -0.188. The topological polar surface area (TPSA) is 96.1 Å². The molecule has 0 atom stereocenters. The number of alkyl halides is 3. The van der Waals surface area contributed by atoms with Crippen molar-refractivity contribution < 1.29 is 21.6 Å². The van der Waals surface area contributed by atoms with E-state index >= 15 is 0 Å². The Hall–Kier alpha value is -2.94. The minimum absolute atomic E-state index is 0.0306. The van der Waals surface area contributed by atoms with Crippen molar-refractivity contribution in [3.63, 3.8) is 0 Å². The number of nitrogens with zero attached hydrogens (tertiary/aromatic N) is 4. The Morgan fingerprint density at radius 2 is 1.84 bits per heavy atom. The quantitative estimate of drug-likeness (QED) is 0.437. The van der Waals surface area contributed by atoms with Crippen LogP contribution in [0, 0.1) is 11.3 Å². The number of hydrogen-bond acceptors (Lipinski definition) is 6. The number of hydrogen-bond donors (Lipinski definition) is 0. The molecular weight excluding hydrogens is 529 g/mol. The molecule has 1 aliphatic rings. The first-order chi connectivity index (χ1) is 17.5. The number of nitriles is 1. The minimum Gasteiger partial charge on any atom is -0.299 e. The molecule has 2 aromatic carbocycles. The standard InChI is InChI=1S/C25H24ClF3N4O3S/c1-2-37(35,36)22-7-6-17(26)10-16(22)13-33-15-31-23-18(24(33)34)11-21(25(27,28)29)20(19(23)12-30)14-32-8-4-3-5-9-32/h6-7,10-11,15H,2-5,8-9,13-14H2,1H3. The predicted molar refractivity (Wildman–Crippen MR) is 133 cm³/mol. The Morgan fingerprint density at radius 3 is 2.46 bits per heavy atom. The average molecular weight is 553 g/mol. The van der Waals surface area contributed by atoms with E-state index < -0.39 is 27.1 Å². The zero-order valence-corrected chi connectivity index (χ0v) is 21.5. The smallest absolute Gasteiger partial charge is 0.299 e. The number of aromatic nitrogens is 2. The number of sulfone groups is 1. The van der Waals surface area contributed by atoms with Gasteiger partial charge in [-0.25, -0.2) is 13.4 Å². The van der Waals surface area contributed by atoms with Gasteiger partial charge in [-0.05, 0) is 61.3 Å². The van der Waals surface area contributed by atoms with Crippen LogP contribution in [-0.4, -0.2) is 41.7 Å². The highest BCUT2D eigenvalue weighted by Crippen LogP contribution is 2.37. The Bertz CT molecular complexity index is 1560. The van der Waals surface area contributed by atoms with Crippen molar-refractivity contribution in [2.75, 3.05) is 18.8 Å². The van der Waals surface area contributed by atoms with Crippen LogP contribution in [0.2, 0.25) is 5.02 Å². The summed E-state index contributed by atoms with van der Waals surface area (Å²) in [6.07, 6.45) is -0.960. The maximum atomic E-state index is 14.2. The van der Waals surface area contributed by atoms with Crippen molar-refractivity contribution >= 4 is 32.3 Å². The monoisotopic (exact) mass is 552 g/mol. The summed E-state index contributed by atoms with van der Waals surface area (Å²) < 4.78 is 68.6. The van der Waals surface area contributed by atoms with Crippen LogP contribution in [0.3, 0.4) is 0 Å². The third kappa shape index (κ3) is 5.51. The molecule has 0 spiro atoms. The number of likely N-dealkylation sites (tertiary alicyclic amines) is 1. The lowest BCUT2D eigenvalue weighted by Crippen LogP contribution is -2.31. The molecule has 0 amide bonds. The van der Waals surface area contributed by atoms with Crippen molar-refractivity contribution in [1.82, 2.24) is 14.5 Å². The molecular formula is C25H24ClF3N4O3S. The van der Waals surface area contributed by atoms with Gasteiger partial charge in [0.2, 0.25) is 0 Å². The molecule has 196 valence electrons. The van der Waals surface area contributed by atoms with Gasteiger partial charge in [0.25, 0.3) is 5.56 Å². The summed E-state index contributed by atoms with van der Waals surface area (Å²) in [5, 5.41) is 9.72. The first kappa shape index (κ1) is 27.1. The minimum atomic E-state index is -4.80. The fourth-order valence-corrected chi connectivity index (χ4v) is 5.95. The third-order valence-corrected chi connectivity index (χ3v) is 8.61.